The first-order chi connectivity index (χ1) is 12.6. The minimum Gasteiger partial charge on any atom is -0.493 e. The number of hydrogen-bond donors (Lipinski definition) is 0. The standard InChI is InChI=1S/C19H16ClNO5/c1-23-14-9-12(13(20)10-15(14)24-2)17-16(19(22)25-3)21-18(26-17)11-7-5-4-6-8-11/h4-10H,1-3H3. The zero-order valence-corrected chi connectivity index (χ0v) is 15.2. The van der Waals surface area contributed by atoms with Gasteiger partial charge in [-0.2, -0.15) is 0 Å². The molecule has 3 aromatic rings. The van der Waals surface area contributed by atoms with Crippen LogP contribution in [0.5, 0.6) is 11.5 Å². The summed E-state index contributed by atoms with van der Waals surface area (Å²) in [5.74, 6) is 0.759. The van der Waals surface area contributed by atoms with Crippen molar-refractivity contribution in [1.29, 1.82) is 0 Å². The van der Waals surface area contributed by atoms with Gasteiger partial charge in [0, 0.05) is 17.2 Å². The van der Waals surface area contributed by atoms with Crippen LogP contribution in [0.25, 0.3) is 22.8 Å². The van der Waals surface area contributed by atoms with E-state index in [1.807, 2.05) is 30.3 Å². The van der Waals surface area contributed by atoms with Crippen molar-refractivity contribution >= 4 is 17.6 Å². The summed E-state index contributed by atoms with van der Waals surface area (Å²) in [6.45, 7) is 0. The normalized spacial score (nSPS) is 10.5. The lowest BCUT2D eigenvalue weighted by Gasteiger charge is -2.10. The molecule has 0 N–H and O–H groups in total. The minimum atomic E-state index is -0.628. The number of esters is 1. The Morgan fingerprint density at radius 1 is 1.04 bits per heavy atom. The van der Waals surface area contributed by atoms with Gasteiger partial charge in [0.15, 0.2) is 23.0 Å². The van der Waals surface area contributed by atoms with Gasteiger partial charge in [-0.25, -0.2) is 9.78 Å². The predicted octanol–water partition coefficient (Wildman–Crippen LogP) is 4.47. The van der Waals surface area contributed by atoms with Gasteiger partial charge >= 0.3 is 5.97 Å². The smallest absolute Gasteiger partial charge is 0.360 e. The molecular weight excluding hydrogens is 358 g/mol. The Morgan fingerprint density at radius 2 is 1.69 bits per heavy atom. The van der Waals surface area contributed by atoms with Crippen LogP contribution in [0.2, 0.25) is 5.02 Å². The lowest BCUT2D eigenvalue weighted by atomic mass is 10.1. The van der Waals surface area contributed by atoms with Crippen LogP contribution in [0.4, 0.5) is 0 Å². The molecule has 134 valence electrons. The number of rotatable bonds is 5. The van der Waals surface area contributed by atoms with Gasteiger partial charge < -0.3 is 18.6 Å². The second kappa shape index (κ2) is 7.49. The molecule has 1 heterocycles. The van der Waals surface area contributed by atoms with E-state index in [9.17, 15) is 4.79 Å². The van der Waals surface area contributed by atoms with Crippen LogP contribution in [0, 0.1) is 0 Å². The highest BCUT2D eigenvalue weighted by molar-refractivity contribution is 6.33. The Labute approximate surface area is 155 Å². The molecule has 0 aliphatic rings. The molecule has 0 bridgehead atoms. The topological polar surface area (TPSA) is 70.8 Å². The second-order valence-electron chi connectivity index (χ2n) is 5.24. The molecule has 0 aliphatic carbocycles. The highest BCUT2D eigenvalue weighted by Gasteiger charge is 2.25. The van der Waals surface area contributed by atoms with Crippen molar-refractivity contribution in [2.75, 3.05) is 21.3 Å². The van der Waals surface area contributed by atoms with Gasteiger partial charge in [-0.1, -0.05) is 29.8 Å². The fraction of sp³-hybridized carbons (Fsp3) is 0.158. The Hall–Kier alpha value is -2.99. The number of nitrogens with zero attached hydrogens (tertiary/aromatic N) is 1. The third-order valence-corrected chi connectivity index (χ3v) is 4.06. The van der Waals surface area contributed by atoms with E-state index in [-0.39, 0.29) is 17.3 Å². The molecule has 3 rings (SSSR count). The van der Waals surface area contributed by atoms with E-state index in [0.717, 1.165) is 5.56 Å². The van der Waals surface area contributed by atoms with Crippen molar-refractivity contribution in [1.82, 2.24) is 4.98 Å². The van der Waals surface area contributed by atoms with Crippen molar-refractivity contribution in [3.05, 3.63) is 53.2 Å². The van der Waals surface area contributed by atoms with E-state index < -0.39 is 5.97 Å². The largest absolute Gasteiger partial charge is 0.493 e. The number of methoxy groups -OCH3 is 3. The molecule has 0 atom stereocenters. The van der Waals surface area contributed by atoms with Gasteiger partial charge in [-0.3, -0.25) is 0 Å². The molecule has 26 heavy (non-hydrogen) atoms. The summed E-state index contributed by atoms with van der Waals surface area (Å²) in [6, 6.07) is 12.4. The highest BCUT2D eigenvalue weighted by atomic mass is 35.5. The van der Waals surface area contributed by atoms with Crippen molar-refractivity contribution in [3.63, 3.8) is 0 Å². The van der Waals surface area contributed by atoms with E-state index in [0.29, 0.717) is 22.1 Å². The van der Waals surface area contributed by atoms with Crippen LogP contribution in [-0.2, 0) is 4.74 Å². The number of hydrogen-bond acceptors (Lipinski definition) is 6. The monoisotopic (exact) mass is 373 g/mol. The predicted molar refractivity (Wildman–Crippen MR) is 96.8 cm³/mol. The van der Waals surface area contributed by atoms with Crippen molar-refractivity contribution < 1.29 is 23.4 Å². The van der Waals surface area contributed by atoms with E-state index in [1.165, 1.54) is 21.3 Å². The number of ether oxygens (including phenoxy) is 3. The van der Waals surface area contributed by atoms with Crippen molar-refractivity contribution in [2.24, 2.45) is 0 Å². The van der Waals surface area contributed by atoms with E-state index in [4.69, 9.17) is 30.2 Å². The van der Waals surface area contributed by atoms with Crippen molar-refractivity contribution in [2.45, 2.75) is 0 Å². The molecule has 0 saturated carbocycles. The Balaban J connectivity index is 2.21. The first kappa shape index (κ1) is 17.8. The Kier molecular flexibility index (Phi) is 5.14. The summed E-state index contributed by atoms with van der Waals surface area (Å²) in [6.07, 6.45) is 0. The van der Waals surface area contributed by atoms with Gasteiger partial charge in [0.05, 0.1) is 26.4 Å². The molecule has 0 amide bonds. The molecule has 0 aliphatic heterocycles. The molecule has 1 aromatic heterocycles. The molecule has 6 nitrogen and oxygen atoms in total. The van der Waals surface area contributed by atoms with Gasteiger partial charge in [-0.15, -0.1) is 0 Å². The fourth-order valence-corrected chi connectivity index (χ4v) is 2.71. The maximum atomic E-state index is 12.2. The second-order valence-corrected chi connectivity index (χ2v) is 5.65. The maximum absolute atomic E-state index is 12.2. The molecule has 0 unspecified atom stereocenters. The van der Waals surface area contributed by atoms with Crippen LogP contribution in [0.1, 0.15) is 10.5 Å². The molecule has 0 radical (unpaired) electrons. The quantitative estimate of drug-likeness (QED) is 0.615. The van der Waals surface area contributed by atoms with E-state index in [1.54, 1.807) is 12.1 Å². The Morgan fingerprint density at radius 3 is 2.31 bits per heavy atom. The molecule has 0 fully saturated rings. The molecule has 7 heteroatoms. The van der Waals surface area contributed by atoms with Crippen LogP contribution >= 0.6 is 11.6 Å². The lowest BCUT2D eigenvalue weighted by molar-refractivity contribution is 0.0595. The fourth-order valence-electron chi connectivity index (χ4n) is 2.47. The van der Waals surface area contributed by atoms with Gasteiger partial charge in [0.25, 0.3) is 0 Å². The highest BCUT2D eigenvalue weighted by Crippen LogP contribution is 2.41. The average Bonchev–Trinajstić information content (AvgIpc) is 3.12. The molecule has 0 spiro atoms. The van der Waals surface area contributed by atoms with Gasteiger partial charge in [-0.05, 0) is 18.2 Å². The maximum Gasteiger partial charge on any atom is 0.360 e. The SMILES string of the molecule is COC(=O)c1nc(-c2ccccc2)oc1-c1cc(OC)c(OC)cc1Cl. The summed E-state index contributed by atoms with van der Waals surface area (Å²) in [5.41, 5.74) is 1.19. The molecule has 0 saturated heterocycles. The first-order valence-corrected chi connectivity index (χ1v) is 8.03. The summed E-state index contributed by atoms with van der Waals surface area (Å²) < 4.78 is 21.2. The van der Waals surface area contributed by atoms with Crippen molar-refractivity contribution in [3.8, 4) is 34.3 Å². The molecule has 2 aromatic carbocycles. The van der Waals surface area contributed by atoms with E-state index in [2.05, 4.69) is 4.98 Å². The van der Waals surface area contributed by atoms with Gasteiger partial charge in [0.2, 0.25) is 5.89 Å². The van der Waals surface area contributed by atoms with Crippen LogP contribution < -0.4 is 9.47 Å². The number of benzene rings is 2. The van der Waals surface area contributed by atoms with Gasteiger partial charge in [0.1, 0.15) is 0 Å². The van der Waals surface area contributed by atoms with Crippen LogP contribution in [0.3, 0.4) is 0 Å². The minimum absolute atomic E-state index is 0.0282. The summed E-state index contributed by atoms with van der Waals surface area (Å²) in [5, 5.41) is 0.323. The zero-order chi connectivity index (χ0) is 18.7. The van der Waals surface area contributed by atoms with Crippen LogP contribution in [-0.4, -0.2) is 32.3 Å². The third kappa shape index (κ3) is 3.23. The number of carbonyl (C=O) groups is 1. The number of oxazole rings is 1. The number of aromatic nitrogens is 1. The van der Waals surface area contributed by atoms with Crippen LogP contribution in [0.15, 0.2) is 46.9 Å². The average molecular weight is 374 g/mol. The molecular formula is C19H16ClNO5. The zero-order valence-electron chi connectivity index (χ0n) is 14.4. The van der Waals surface area contributed by atoms with E-state index >= 15 is 0 Å². The summed E-state index contributed by atoms with van der Waals surface area (Å²) in [7, 11) is 4.29. The Bertz CT molecular complexity index is 937. The number of carbonyl (C=O) groups excluding carboxylic acids is 1. The lowest BCUT2D eigenvalue weighted by Crippen LogP contribution is -2.03. The summed E-state index contributed by atoms with van der Waals surface area (Å²) in [4.78, 5) is 16.5. The number of halogens is 1. The summed E-state index contributed by atoms with van der Waals surface area (Å²) >= 11 is 6.37. The first-order valence-electron chi connectivity index (χ1n) is 7.65. The third-order valence-electron chi connectivity index (χ3n) is 3.74.